The van der Waals surface area contributed by atoms with Gasteiger partial charge in [0.15, 0.2) is 0 Å². The molecule has 1 fully saturated rings. The molecule has 0 spiro atoms. The highest BCUT2D eigenvalue weighted by Gasteiger charge is 2.30. The summed E-state index contributed by atoms with van der Waals surface area (Å²) in [6, 6.07) is -1.17. The highest BCUT2D eigenvalue weighted by atomic mass is 16.5. The monoisotopic (exact) mass is 258 g/mol. The van der Waals surface area contributed by atoms with Crippen molar-refractivity contribution in [1.29, 1.82) is 0 Å². The van der Waals surface area contributed by atoms with E-state index in [1.54, 1.807) is 7.11 Å². The summed E-state index contributed by atoms with van der Waals surface area (Å²) in [7, 11) is 1.63. The van der Waals surface area contributed by atoms with Crippen molar-refractivity contribution in [1.82, 2.24) is 10.6 Å². The lowest BCUT2D eigenvalue weighted by Gasteiger charge is -2.14. The van der Waals surface area contributed by atoms with Gasteiger partial charge in [-0.05, 0) is 25.2 Å². The topological polar surface area (TPSA) is 87.7 Å². The molecule has 0 unspecified atom stereocenters. The van der Waals surface area contributed by atoms with Crippen LogP contribution in [0.3, 0.4) is 0 Å². The van der Waals surface area contributed by atoms with Crippen molar-refractivity contribution >= 4 is 12.0 Å². The van der Waals surface area contributed by atoms with E-state index in [-0.39, 0.29) is 0 Å². The molecular weight excluding hydrogens is 236 g/mol. The number of carbonyl (C=O) groups excluding carboxylic acids is 1. The number of ether oxygens (including phenoxy) is 1. The minimum absolute atomic E-state index is 0.402. The molecular formula is C12H22N2O4. The average molecular weight is 258 g/mol. The van der Waals surface area contributed by atoms with Gasteiger partial charge in [-0.2, -0.15) is 0 Å². The van der Waals surface area contributed by atoms with Crippen molar-refractivity contribution in [3.63, 3.8) is 0 Å². The number of aliphatic carboxylic acids is 1. The molecule has 6 nitrogen and oxygen atoms in total. The fourth-order valence-electron chi connectivity index (χ4n) is 1.69. The first kappa shape index (κ1) is 14.8. The number of amides is 2. The van der Waals surface area contributed by atoms with Gasteiger partial charge in [-0.25, -0.2) is 9.59 Å². The third kappa shape index (κ3) is 6.44. The minimum atomic E-state index is -0.962. The zero-order chi connectivity index (χ0) is 13.4. The molecule has 2 amide bonds. The van der Waals surface area contributed by atoms with E-state index in [1.807, 2.05) is 0 Å². The van der Waals surface area contributed by atoms with Crippen molar-refractivity contribution in [2.45, 2.75) is 38.1 Å². The lowest BCUT2D eigenvalue weighted by Crippen LogP contribution is -2.46. The molecule has 1 atom stereocenters. The summed E-state index contributed by atoms with van der Waals surface area (Å²) < 4.78 is 4.89. The van der Waals surface area contributed by atoms with Crippen LogP contribution in [0.4, 0.5) is 4.79 Å². The maximum absolute atomic E-state index is 11.5. The van der Waals surface area contributed by atoms with Crippen LogP contribution < -0.4 is 10.6 Å². The first-order valence-corrected chi connectivity index (χ1v) is 6.39. The van der Waals surface area contributed by atoms with Crippen molar-refractivity contribution in [2.24, 2.45) is 5.92 Å². The van der Waals surface area contributed by atoms with E-state index in [0.29, 0.717) is 25.5 Å². The SMILES string of the molecule is COCCCCNC(=O)N[C@@H](CC1CC1)C(=O)O. The van der Waals surface area contributed by atoms with Crippen LogP contribution in [0.25, 0.3) is 0 Å². The van der Waals surface area contributed by atoms with Crippen LogP contribution in [0.5, 0.6) is 0 Å². The quantitative estimate of drug-likeness (QED) is 0.538. The maximum atomic E-state index is 11.5. The summed E-state index contributed by atoms with van der Waals surface area (Å²) in [5.41, 5.74) is 0. The average Bonchev–Trinajstić information content (AvgIpc) is 3.11. The number of carboxylic acid groups (broad SMARTS) is 1. The molecule has 0 bridgehead atoms. The zero-order valence-electron chi connectivity index (χ0n) is 10.8. The van der Waals surface area contributed by atoms with Crippen LogP contribution >= 0.6 is 0 Å². The lowest BCUT2D eigenvalue weighted by molar-refractivity contribution is -0.139. The molecule has 18 heavy (non-hydrogen) atoms. The second-order valence-electron chi connectivity index (χ2n) is 4.67. The predicted octanol–water partition coefficient (Wildman–Crippen LogP) is 0.965. The smallest absolute Gasteiger partial charge is 0.326 e. The Hall–Kier alpha value is -1.30. The van der Waals surface area contributed by atoms with Crippen molar-refractivity contribution < 1.29 is 19.4 Å². The third-order valence-corrected chi connectivity index (χ3v) is 2.93. The molecule has 1 saturated carbocycles. The molecule has 104 valence electrons. The fourth-order valence-corrected chi connectivity index (χ4v) is 1.69. The van der Waals surface area contributed by atoms with E-state index in [2.05, 4.69) is 10.6 Å². The van der Waals surface area contributed by atoms with Gasteiger partial charge in [0.1, 0.15) is 6.04 Å². The maximum Gasteiger partial charge on any atom is 0.326 e. The fraction of sp³-hybridized carbons (Fsp3) is 0.833. The van der Waals surface area contributed by atoms with Gasteiger partial charge in [-0.1, -0.05) is 12.8 Å². The standard InChI is InChI=1S/C12H22N2O4/c1-18-7-3-2-6-13-12(17)14-10(11(15)16)8-9-4-5-9/h9-10H,2-8H2,1H3,(H,15,16)(H2,13,14,17)/t10-/m0/s1. The van der Waals surface area contributed by atoms with Gasteiger partial charge in [0.25, 0.3) is 0 Å². The Kier molecular flexibility index (Phi) is 6.49. The number of rotatable bonds is 9. The Labute approximate surface area is 107 Å². The van der Waals surface area contributed by atoms with Gasteiger partial charge in [0.05, 0.1) is 0 Å². The Morgan fingerprint density at radius 3 is 2.67 bits per heavy atom. The summed E-state index contributed by atoms with van der Waals surface area (Å²) in [6.45, 7) is 1.20. The number of carboxylic acids is 1. The lowest BCUT2D eigenvalue weighted by atomic mass is 10.1. The Morgan fingerprint density at radius 2 is 2.11 bits per heavy atom. The first-order chi connectivity index (χ1) is 8.63. The molecule has 1 rings (SSSR count). The highest BCUT2D eigenvalue weighted by Crippen LogP contribution is 2.33. The van der Waals surface area contributed by atoms with Crippen LogP contribution in [0.2, 0.25) is 0 Å². The van der Waals surface area contributed by atoms with Gasteiger partial charge < -0.3 is 20.5 Å². The Balaban J connectivity index is 2.13. The van der Waals surface area contributed by atoms with Gasteiger partial charge in [0.2, 0.25) is 0 Å². The number of carbonyl (C=O) groups is 2. The second kappa shape index (κ2) is 7.92. The zero-order valence-corrected chi connectivity index (χ0v) is 10.8. The molecule has 0 radical (unpaired) electrons. The van der Waals surface area contributed by atoms with E-state index < -0.39 is 18.0 Å². The number of hydrogen-bond acceptors (Lipinski definition) is 3. The Bertz CT molecular complexity index is 279. The summed E-state index contributed by atoms with van der Waals surface area (Å²) in [6.07, 6.45) is 4.38. The van der Waals surface area contributed by atoms with Crippen molar-refractivity contribution in [3.8, 4) is 0 Å². The highest BCUT2D eigenvalue weighted by molar-refractivity contribution is 5.82. The van der Waals surface area contributed by atoms with E-state index in [4.69, 9.17) is 9.84 Å². The number of methoxy groups -OCH3 is 1. The second-order valence-corrected chi connectivity index (χ2v) is 4.67. The van der Waals surface area contributed by atoms with E-state index >= 15 is 0 Å². The number of hydrogen-bond donors (Lipinski definition) is 3. The van der Waals surface area contributed by atoms with E-state index in [1.165, 1.54) is 0 Å². The van der Waals surface area contributed by atoms with Gasteiger partial charge in [-0.3, -0.25) is 0 Å². The number of nitrogens with one attached hydrogen (secondary N) is 2. The van der Waals surface area contributed by atoms with E-state index in [9.17, 15) is 9.59 Å². The number of urea groups is 1. The molecule has 0 aromatic heterocycles. The van der Waals surface area contributed by atoms with Crippen LogP contribution in [0.1, 0.15) is 32.1 Å². The summed E-state index contributed by atoms with van der Waals surface area (Å²) in [4.78, 5) is 22.4. The molecule has 0 saturated heterocycles. The summed E-state index contributed by atoms with van der Waals surface area (Å²) in [5.74, 6) is -0.496. The molecule has 1 aliphatic carbocycles. The van der Waals surface area contributed by atoms with Crippen molar-refractivity contribution in [3.05, 3.63) is 0 Å². The summed E-state index contributed by atoms with van der Waals surface area (Å²) >= 11 is 0. The van der Waals surface area contributed by atoms with Gasteiger partial charge in [-0.15, -0.1) is 0 Å². The predicted molar refractivity (Wildman–Crippen MR) is 66.4 cm³/mol. The largest absolute Gasteiger partial charge is 0.480 e. The van der Waals surface area contributed by atoms with Crippen LogP contribution in [0, 0.1) is 5.92 Å². The molecule has 3 N–H and O–H groups in total. The molecule has 1 aliphatic rings. The summed E-state index contributed by atoms with van der Waals surface area (Å²) in [5, 5.41) is 14.1. The Morgan fingerprint density at radius 1 is 1.39 bits per heavy atom. The first-order valence-electron chi connectivity index (χ1n) is 6.39. The van der Waals surface area contributed by atoms with Crippen LogP contribution in [-0.4, -0.2) is 43.4 Å². The molecule has 0 aromatic rings. The van der Waals surface area contributed by atoms with Crippen LogP contribution in [-0.2, 0) is 9.53 Å². The molecule has 0 heterocycles. The third-order valence-electron chi connectivity index (χ3n) is 2.93. The normalized spacial score (nSPS) is 16.1. The van der Waals surface area contributed by atoms with Crippen molar-refractivity contribution in [2.75, 3.05) is 20.3 Å². The minimum Gasteiger partial charge on any atom is -0.480 e. The van der Waals surface area contributed by atoms with Crippen LogP contribution in [0.15, 0.2) is 0 Å². The van der Waals surface area contributed by atoms with Gasteiger partial charge in [0, 0.05) is 20.3 Å². The molecule has 0 aliphatic heterocycles. The molecule has 6 heteroatoms. The molecule has 0 aromatic carbocycles. The van der Waals surface area contributed by atoms with Gasteiger partial charge >= 0.3 is 12.0 Å². The van der Waals surface area contributed by atoms with E-state index in [0.717, 1.165) is 25.7 Å². The number of unbranched alkanes of at least 4 members (excludes halogenated alkanes) is 1.